The summed E-state index contributed by atoms with van der Waals surface area (Å²) in [5, 5.41) is 26.9. The van der Waals surface area contributed by atoms with Crippen LogP contribution < -0.4 is 10.6 Å². The summed E-state index contributed by atoms with van der Waals surface area (Å²) in [4.78, 5) is 26.5. The van der Waals surface area contributed by atoms with Crippen molar-refractivity contribution in [3.05, 3.63) is 59.0 Å². The number of aryl methyl sites for hydroxylation is 4. The second-order valence-electron chi connectivity index (χ2n) is 12.1. The first-order chi connectivity index (χ1) is 18.6. The zero-order valence-corrected chi connectivity index (χ0v) is 23.1. The second-order valence-corrected chi connectivity index (χ2v) is 12.1. The fraction of sp³-hybridized carbons (Fsp3) is 0.533. The van der Waals surface area contributed by atoms with Crippen molar-refractivity contribution in [1.29, 1.82) is 0 Å². The van der Waals surface area contributed by atoms with Gasteiger partial charge in [-0.25, -0.2) is 0 Å². The Bertz CT molecular complexity index is 1410. The molecule has 39 heavy (non-hydrogen) atoms. The lowest BCUT2D eigenvalue weighted by molar-refractivity contribution is -0.143. The Morgan fingerprint density at radius 1 is 1.00 bits per heavy atom. The molecule has 0 aliphatic heterocycles. The van der Waals surface area contributed by atoms with Crippen LogP contribution in [0.25, 0.3) is 11.3 Å². The van der Waals surface area contributed by atoms with Crippen molar-refractivity contribution >= 4 is 11.8 Å². The SMILES string of the molecule is CCc1cc(C(=O)NC23CCC(NC(=O)C(C)(O)Cn4cc5c(n4)-c4ccccc4CC5)(CC2)CC3)n(C)n1. The van der Waals surface area contributed by atoms with Gasteiger partial charge in [0.2, 0.25) is 0 Å². The largest absolute Gasteiger partial charge is 0.378 e. The first kappa shape index (κ1) is 25.8. The molecule has 9 heteroatoms. The normalized spacial score (nSPS) is 24.9. The Morgan fingerprint density at radius 3 is 2.31 bits per heavy atom. The molecule has 4 aliphatic carbocycles. The number of benzene rings is 1. The summed E-state index contributed by atoms with van der Waals surface area (Å²) in [5.74, 6) is -0.451. The number of nitrogens with zero attached hydrogens (tertiary/aromatic N) is 4. The number of aromatic nitrogens is 4. The van der Waals surface area contributed by atoms with Gasteiger partial charge in [-0.3, -0.25) is 19.0 Å². The molecule has 2 heterocycles. The fourth-order valence-electron chi connectivity index (χ4n) is 6.73. The predicted molar refractivity (Wildman–Crippen MR) is 147 cm³/mol. The average molecular weight is 531 g/mol. The molecule has 0 saturated heterocycles. The molecule has 4 aliphatic rings. The van der Waals surface area contributed by atoms with E-state index in [-0.39, 0.29) is 29.4 Å². The number of hydrogen-bond acceptors (Lipinski definition) is 5. The minimum absolute atomic E-state index is 0.0874. The third kappa shape index (κ3) is 4.67. The minimum atomic E-state index is -1.60. The number of carbonyl (C=O) groups excluding carboxylic acids is 2. The number of amides is 2. The van der Waals surface area contributed by atoms with Gasteiger partial charge in [0.05, 0.1) is 17.9 Å². The van der Waals surface area contributed by atoms with Gasteiger partial charge in [0.15, 0.2) is 5.60 Å². The second kappa shape index (κ2) is 9.33. The number of nitrogens with one attached hydrogen (secondary N) is 2. The van der Waals surface area contributed by atoms with E-state index in [0.717, 1.165) is 80.3 Å². The summed E-state index contributed by atoms with van der Waals surface area (Å²) in [5.41, 5.74) is 3.80. The zero-order chi connectivity index (χ0) is 27.4. The van der Waals surface area contributed by atoms with Gasteiger partial charge in [0, 0.05) is 29.9 Å². The maximum atomic E-state index is 13.4. The molecule has 1 atom stereocenters. The summed E-state index contributed by atoms with van der Waals surface area (Å²) in [6, 6.07) is 10.1. The highest BCUT2D eigenvalue weighted by molar-refractivity contribution is 5.93. The first-order valence-electron chi connectivity index (χ1n) is 14.2. The van der Waals surface area contributed by atoms with Crippen molar-refractivity contribution in [2.45, 2.75) is 94.9 Å². The van der Waals surface area contributed by atoms with Gasteiger partial charge in [0.1, 0.15) is 5.69 Å². The summed E-state index contributed by atoms with van der Waals surface area (Å²) in [6.45, 7) is 3.69. The Kier molecular flexibility index (Phi) is 6.17. The summed E-state index contributed by atoms with van der Waals surface area (Å²) in [7, 11) is 1.80. The Morgan fingerprint density at radius 2 is 1.64 bits per heavy atom. The number of aliphatic hydroxyl groups is 1. The summed E-state index contributed by atoms with van der Waals surface area (Å²) >= 11 is 0. The van der Waals surface area contributed by atoms with Gasteiger partial charge in [-0.1, -0.05) is 31.2 Å². The molecule has 3 fully saturated rings. The van der Waals surface area contributed by atoms with E-state index in [4.69, 9.17) is 5.10 Å². The molecule has 0 spiro atoms. The van der Waals surface area contributed by atoms with Crippen LogP contribution in [-0.4, -0.2) is 53.2 Å². The van der Waals surface area contributed by atoms with E-state index in [2.05, 4.69) is 27.9 Å². The van der Waals surface area contributed by atoms with Crippen LogP contribution in [0.1, 0.15) is 79.7 Å². The predicted octanol–water partition coefficient (Wildman–Crippen LogP) is 3.09. The highest BCUT2D eigenvalue weighted by Gasteiger charge is 2.51. The van der Waals surface area contributed by atoms with Crippen molar-refractivity contribution in [2.75, 3.05) is 0 Å². The molecule has 2 bridgehead atoms. The number of hydrogen-bond donors (Lipinski definition) is 3. The van der Waals surface area contributed by atoms with Gasteiger partial charge in [-0.05, 0) is 81.9 Å². The topological polar surface area (TPSA) is 114 Å². The van der Waals surface area contributed by atoms with E-state index >= 15 is 0 Å². The molecule has 3 N–H and O–H groups in total. The van der Waals surface area contributed by atoms with Gasteiger partial charge in [0.25, 0.3) is 11.8 Å². The smallest absolute Gasteiger partial charge is 0.269 e. The molecule has 1 aromatic carbocycles. The van der Waals surface area contributed by atoms with Crippen LogP contribution in [0.3, 0.4) is 0 Å². The van der Waals surface area contributed by atoms with Crippen LogP contribution in [0.2, 0.25) is 0 Å². The molecule has 2 aromatic heterocycles. The molecular weight excluding hydrogens is 492 g/mol. The van der Waals surface area contributed by atoms with Crippen molar-refractivity contribution in [1.82, 2.24) is 30.2 Å². The lowest BCUT2D eigenvalue weighted by atomic mass is 9.61. The molecule has 9 nitrogen and oxygen atoms in total. The van der Waals surface area contributed by atoms with E-state index in [0.29, 0.717) is 5.69 Å². The van der Waals surface area contributed by atoms with E-state index in [1.54, 1.807) is 23.3 Å². The molecular formula is C30H38N6O3. The van der Waals surface area contributed by atoms with E-state index < -0.39 is 5.60 Å². The lowest BCUT2D eigenvalue weighted by Gasteiger charge is -2.54. The highest BCUT2D eigenvalue weighted by atomic mass is 16.3. The maximum absolute atomic E-state index is 13.4. The van der Waals surface area contributed by atoms with E-state index in [1.807, 2.05) is 31.3 Å². The number of carbonyl (C=O) groups is 2. The molecule has 0 radical (unpaired) electrons. The third-order valence-electron chi connectivity index (χ3n) is 9.26. The third-order valence-corrected chi connectivity index (χ3v) is 9.26. The molecule has 2 amide bonds. The first-order valence-corrected chi connectivity index (χ1v) is 14.2. The highest BCUT2D eigenvalue weighted by Crippen LogP contribution is 2.47. The standard InChI is InChI=1S/C30H38N6O3/c1-4-22-17-24(35(3)33-22)26(37)31-29-11-14-30(15-12-29,16-13-29)32-27(38)28(2,39)19-36-18-21-10-9-20-7-5-6-8-23(20)25(21)34-36/h5-8,17-18,39H,4,9-16,19H2,1-3H3,(H,31,37)(H,32,38). The van der Waals surface area contributed by atoms with Gasteiger partial charge in [-0.15, -0.1) is 0 Å². The van der Waals surface area contributed by atoms with Crippen LogP contribution in [-0.2, 0) is 37.6 Å². The summed E-state index contributed by atoms with van der Waals surface area (Å²) in [6.07, 6.45) is 9.33. The monoisotopic (exact) mass is 530 g/mol. The van der Waals surface area contributed by atoms with Crippen molar-refractivity contribution < 1.29 is 14.7 Å². The van der Waals surface area contributed by atoms with Crippen LogP contribution >= 0.6 is 0 Å². The molecule has 3 aromatic rings. The van der Waals surface area contributed by atoms with Crippen LogP contribution in [0, 0.1) is 0 Å². The molecule has 7 rings (SSSR count). The van der Waals surface area contributed by atoms with Crippen LogP contribution in [0.15, 0.2) is 36.5 Å². The van der Waals surface area contributed by atoms with Crippen molar-refractivity contribution in [2.24, 2.45) is 7.05 Å². The number of rotatable bonds is 7. The van der Waals surface area contributed by atoms with E-state index in [1.165, 1.54) is 5.56 Å². The number of fused-ring (bicyclic) bond motifs is 6. The van der Waals surface area contributed by atoms with Gasteiger partial charge >= 0.3 is 0 Å². The van der Waals surface area contributed by atoms with E-state index in [9.17, 15) is 14.7 Å². The zero-order valence-electron chi connectivity index (χ0n) is 23.1. The minimum Gasteiger partial charge on any atom is -0.378 e. The Labute approximate surface area is 229 Å². The van der Waals surface area contributed by atoms with Crippen molar-refractivity contribution in [3.63, 3.8) is 0 Å². The Hall–Kier alpha value is -3.46. The molecule has 206 valence electrons. The lowest BCUT2D eigenvalue weighted by Crippen LogP contribution is -2.66. The molecule has 1 unspecified atom stereocenters. The van der Waals surface area contributed by atoms with Gasteiger partial charge in [-0.2, -0.15) is 10.2 Å². The molecule has 3 saturated carbocycles. The van der Waals surface area contributed by atoms with Gasteiger partial charge < -0.3 is 15.7 Å². The average Bonchev–Trinajstić information content (AvgIpc) is 3.52. The maximum Gasteiger partial charge on any atom is 0.269 e. The van der Waals surface area contributed by atoms with Crippen LogP contribution in [0.5, 0.6) is 0 Å². The fourth-order valence-corrected chi connectivity index (χ4v) is 6.73. The van der Waals surface area contributed by atoms with Crippen LogP contribution in [0.4, 0.5) is 0 Å². The summed E-state index contributed by atoms with van der Waals surface area (Å²) < 4.78 is 3.37. The Balaban J connectivity index is 1.09. The van der Waals surface area contributed by atoms with Crippen molar-refractivity contribution in [3.8, 4) is 11.3 Å². The quantitative estimate of drug-likeness (QED) is 0.434.